The molecule has 1 aromatic rings. The van der Waals surface area contributed by atoms with E-state index in [0.29, 0.717) is 13.0 Å². The highest BCUT2D eigenvalue weighted by atomic mass is 16.7. The second-order valence-electron chi connectivity index (χ2n) is 5.02. The molecule has 20 heavy (non-hydrogen) atoms. The molecule has 1 heterocycles. The van der Waals surface area contributed by atoms with Crippen LogP contribution in [-0.4, -0.2) is 19.4 Å². The van der Waals surface area contributed by atoms with Gasteiger partial charge in [-0.05, 0) is 30.4 Å². The summed E-state index contributed by atoms with van der Waals surface area (Å²) in [6, 6.07) is 5.82. The molecule has 0 N–H and O–H groups in total. The third-order valence-corrected chi connectivity index (χ3v) is 3.38. The van der Waals surface area contributed by atoms with E-state index in [-0.39, 0.29) is 18.7 Å². The zero-order chi connectivity index (χ0) is 14.4. The molecule has 0 saturated carbocycles. The molecule has 0 fully saturated rings. The molecule has 0 radical (unpaired) electrons. The standard InChI is InChI=1S/C16H22O4/c1-3-5-12(9-16(17)18-8-4-2)14-7-6-13-10-15(14)20-11-19-13/h6-7,10,12H,3-5,8-9,11H2,1-2H3. The lowest BCUT2D eigenvalue weighted by Crippen LogP contribution is -2.16. The molecular weight excluding hydrogens is 256 g/mol. The quantitative estimate of drug-likeness (QED) is 0.714. The summed E-state index contributed by atoms with van der Waals surface area (Å²) in [5.74, 6) is 1.66. The first kappa shape index (κ1) is 14.7. The third-order valence-electron chi connectivity index (χ3n) is 3.38. The second-order valence-corrected chi connectivity index (χ2v) is 5.02. The summed E-state index contributed by atoms with van der Waals surface area (Å²) < 4.78 is 16.0. The van der Waals surface area contributed by atoms with Crippen molar-refractivity contribution in [3.63, 3.8) is 0 Å². The van der Waals surface area contributed by atoms with E-state index in [9.17, 15) is 4.79 Å². The maximum atomic E-state index is 11.9. The normalized spacial score (nSPS) is 14.1. The summed E-state index contributed by atoms with van der Waals surface area (Å²) in [7, 11) is 0. The lowest BCUT2D eigenvalue weighted by Gasteiger charge is -2.23. The number of hydrogen-bond acceptors (Lipinski definition) is 4. The van der Waals surface area contributed by atoms with Gasteiger partial charge in [-0.3, -0.25) is 4.79 Å². The number of rotatable bonds is 7. The van der Waals surface area contributed by atoms with Crippen LogP contribution >= 0.6 is 0 Å². The molecule has 4 heteroatoms. The highest BCUT2D eigenvalue weighted by Gasteiger charge is 2.22. The van der Waals surface area contributed by atoms with E-state index in [4.69, 9.17) is 14.2 Å². The monoisotopic (exact) mass is 278 g/mol. The van der Waals surface area contributed by atoms with E-state index >= 15 is 0 Å². The SMILES string of the molecule is CCCOC(=O)CC(CCC)c1ccc2cc1OCO2. The highest BCUT2D eigenvalue weighted by molar-refractivity contribution is 5.71. The molecule has 4 nitrogen and oxygen atoms in total. The van der Waals surface area contributed by atoms with Crippen LogP contribution in [0.15, 0.2) is 18.2 Å². The van der Waals surface area contributed by atoms with E-state index in [1.807, 2.05) is 25.1 Å². The van der Waals surface area contributed by atoms with Gasteiger partial charge in [-0.1, -0.05) is 26.3 Å². The van der Waals surface area contributed by atoms with E-state index in [1.165, 1.54) is 0 Å². The van der Waals surface area contributed by atoms with E-state index < -0.39 is 0 Å². The lowest BCUT2D eigenvalue weighted by atomic mass is 9.90. The van der Waals surface area contributed by atoms with Crippen LogP contribution in [0.2, 0.25) is 0 Å². The molecule has 2 rings (SSSR count). The van der Waals surface area contributed by atoms with Crippen molar-refractivity contribution in [2.24, 2.45) is 0 Å². The fraction of sp³-hybridized carbons (Fsp3) is 0.562. The van der Waals surface area contributed by atoms with Crippen molar-refractivity contribution in [3.05, 3.63) is 23.8 Å². The third kappa shape index (κ3) is 3.65. The average molecular weight is 278 g/mol. The van der Waals surface area contributed by atoms with Crippen LogP contribution in [0, 0.1) is 0 Å². The summed E-state index contributed by atoms with van der Waals surface area (Å²) >= 11 is 0. The summed E-state index contributed by atoms with van der Waals surface area (Å²) in [4.78, 5) is 11.9. The maximum absolute atomic E-state index is 11.9. The van der Waals surface area contributed by atoms with Gasteiger partial charge in [-0.25, -0.2) is 0 Å². The topological polar surface area (TPSA) is 44.8 Å². The Labute approximate surface area is 120 Å². The van der Waals surface area contributed by atoms with Gasteiger partial charge in [0.15, 0.2) is 0 Å². The van der Waals surface area contributed by atoms with Gasteiger partial charge in [0.05, 0.1) is 13.0 Å². The van der Waals surface area contributed by atoms with E-state index in [2.05, 4.69) is 6.92 Å². The summed E-state index contributed by atoms with van der Waals surface area (Å²) in [5, 5.41) is 0. The number of benzene rings is 1. The zero-order valence-electron chi connectivity index (χ0n) is 12.2. The smallest absolute Gasteiger partial charge is 0.306 e. The average Bonchev–Trinajstić information content (AvgIpc) is 2.45. The molecule has 0 aromatic heterocycles. The largest absolute Gasteiger partial charge is 0.466 e. The first-order valence-electron chi connectivity index (χ1n) is 7.29. The van der Waals surface area contributed by atoms with Gasteiger partial charge in [0, 0.05) is 6.07 Å². The Morgan fingerprint density at radius 1 is 1.30 bits per heavy atom. The molecular formula is C16H22O4. The Kier molecular flexibility index (Phi) is 5.27. The first-order valence-corrected chi connectivity index (χ1v) is 7.29. The van der Waals surface area contributed by atoms with Gasteiger partial charge >= 0.3 is 5.97 Å². The van der Waals surface area contributed by atoms with E-state index in [1.54, 1.807) is 0 Å². The van der Waals surface area contributed by atoms with Crippen LogP contribution < -0.4 is 9.47 Å². The Morgan fingerprint density at radius 2 is 2.15 bits per heavy atom. The molecule has 2 bridgehead atoms. The lowest BCUT2D eigenvalue weighted by molar-refractivity contribution is -0.144. The van der Waals surface area contributed by atoms with Crippen LogP contribution in [0.3, 0.4) is 0 Å². The van der Waals surface area contributed by atoms with Crippen molar-refractivity contribution in [2.45, 2.75) is 45.4 Å². The Bertz CT molecular complexity index is 456. The van der Waals surface area contributed by atoms with Crippen LogP contribution in [0.1, 0.15) is 51.0 Å². The van der Waals surface area contributed by atoms with Crippen molar-refractivity contribution in [2.75, 3.05) is 13.4 Å². The second kappa shape index (κ2) is 7.17. The maximum Gasteiger partial charge on any atom is 0.306 e. The minimum atomic E-state index is -0.131. The fourth-order valence-electron chi connectivity index (χ4n) is 2.42. The molecule has 1 unspecified atom stereocenters. The van der Waals surface area contributed by atoms with Gasteiger partial charge in [0.25, 0.3) is 0 Å². The van der Waals surface area contributed by atoms with Gasteiger partial charge < -0.3 is 14.2 Å². The zero-order valence-corrected chi connectivity index (χ0v) is 12.2. The first-order chi connectivity index (χ1) is 9.74. The van der Waals surface area contributed by atoms with Crippen LogP contribution in [0.25, 0.3) is 0 Å². The van der Waals surface area contributed by atoms with Crippen molar-refractivity contribution in [1.29, 1.82) is 0 Å². The van der Waals surface area contributed by atoms with Gasteiger partial charge in [0.2, 0.25) is 6.79 Å². The predicted octanol–water partition coefficient (Wildman–Crippen LogP) is 3.64. The molecule has 0 spiro atoms. The summed E-state index contributed by atoms with van der Waals surface area (Å²) in [6.07, 6.45) is 3.22. The number of carbonyl (C=O) groups is 1. The van der Waals surface area contributed by atoms with Crippen LogP contribution in [0.4, 0.5) is 0 Å². The minimum absolute atomic E-state index is 0.131. The molecule has 0 saturated heterocycles. The number of hydrogen-bond donors (Lipinski definition) is 0. The predicted molar refractivity (Wildman–Crippen MR) is 76.1 cm³/mol. The van der Waals surface area contributed by atoms with Crippen molar-refractivity contribution >= 4 is 5.97 Å². The number of ether oxygens (including phenoxy) is 3. The molecule has 0 aliphatic carbocycles. The fourth-order valence-corrected chi connectivity index (χ4v) is 2.42. The number of esters is 1. The Hall–Kier alpha value is -1.71. The number of fused-ring (bicyclic) bond motifs is 2. The Balaban J connectivity index is 2.10. The van der Waals surface area contributed by atoms with Crippen molar-refractivity contribution < 1.29 is 19.0 Å². The number of carbonyl (C=O) groups excluding carboxylic acids is 1. The molecule has 1 aromatic carbocycles. The highest BCUT2D eigenvalue weighted by Crippen LogP contribution is 2.37. The molecule has 1 aliphatic heterocycles. The van der Waals surface area contributed by atoms with Gasteiger partial charge in [-0.15, -0.1) is 0 Å². The molecule has 110 valence electrons. The molecule has 1 aliphatic rings. The van der Waals surface area contributed by atoms with Crippen molar-refractivity contribution in [1.82, 2.24) is 0 Å². The van der Waals surface area contributed by atoms with Crippen LogP contribution in [-0.2, 0) is 9.53 Å². The molecule has 0 amide bonds. The van der Waals surface area contributed by atoms with Gasteiger partial charge in [-0.2, -0.15) is 0 Å². The summed E-state index contributed by atoms with van der Waals surface area (Å²) in [6.45, 7) is 4.85. The van der Waals surface area contributed by atoms with Crippen LogP contribution in [0.5, 0.6) is 11.5 Å². The van der Waals surface area contributed by atoms with Gasteiger partial charge in [0.1, 0.15) is 11.5 Å². The summed E-state index contributed by atoms with van der Waals surface area (Å²) in [5.41, 5.74) is 1.08. The minimum Gasteiger partial charge on any atom is -0.466 e. The van der Waals surface area contributed by atoms with Crippen molar-refractivity contribution in [3.8, 4) is 11.5 Å². The Morgan fingerprint density at radius 3 is 2.90 bits per heavy atom. The van der Waals surface area contributed by atoms with E-state index in [0.717, 1.165) is 36.3 Å². The molecule has 1 atom stereocenters.